The van der Waals surface area contributed by atoms with Gasteiger partial charge in [-0.15, -0.1) is 11.3 Å². The van der Waals surface area contributed by atoms with Crippen molar-refractivity contribution in [3.05, 3.63) is 28.7 Å². The van der Waals surface area contributed by atoms with E-state index in [1.807, 2.05) is 11.3 Å². The molecule has 0 unspecified atom stereocenters. The zero-order chi connectivity index (χ0) is 11.1. The molecule has 0 aliphatic heterocycles. The maximum Gasteiger partial charge on any atom is 0.183 e. The molecule has 2 N–H and O–H groups in total. The summed E-state index contributed by atoms with van der Waals surface area (Å²) in [7, 11) is 0. The van der Waals surface area contributed by atoms with Crippen LogP contribution in [0.15, 0.2) is 29.0 Å². The Morgan fingerprint density at radius 2 is 2.44 bits per heavy atom. The van der Waals surface area contributed by atoms with Crippen LogP contribution in [0.1, 0.15) is 4.88 Å². The Balaban J connectivity index is 1.49. The summed E-state index contributed by atoms with van der Waals surface area (Å²) in [6, 6.07) is 4.27. The normalized spacial score (nSPS) is 10.8. The van der Waals surface area contributed by atoms with Gasteiger partial charge in [-0.3, -0.25) is 5.10 Å². The average molecular weight is 254 g/mol. The number of nitrogens with one attached hydrogen (secondary N) is 2. The summed E-state index contributed by atoms with van der Waals surface area (Å²) in [5.41, 5.74) is 0. The summed E-state index contributed by atoms with van der Waals surface area (Å²) in [6.07, 6.45) is 2.65. The molecule has 16 heavy (non-hydrogen) atoms. The molecule has 6 heteroatoms. The second-order valence-electron chi connectivity index (χ2n) is 3.22. The maximum atomic E-state index is 4.04. The van der Waals surface area contributed by atoms with Gasteiger partial charge in [-0.05, 0) is 24.4 Å². The Hall–Kier alpha value is -0.850. The summed E-state index contributed by atoms with van der Waals surface area (Å²) in [5, 5.41) is 13.0. The van der Waals surface area contributed by atoms with Crippen LogP contribution in [-0.2, 0) is 6.42 Å². The van der Waals surface area contributed by atoms with Crippen molar-refractivity contribution in [2.45, 2.75) is 11.6 Å². The topological polar surface area (TPSA) is 53.6 Å². The SMILES string of the molecule is c1csc(CCNCCSc2ncn[nH]2)c1. The molecule has 2 rings (SSSR count). The Bertz CT molecular complexity index is 333. The van der Waals surface area contributed by atoms with Crippen molar-refractivity contribution in [1.29, 1.82) is 0 Å². The second-order valence-corrected chi connectivity index (χ2v) is 5.33. The molecule has 0 aliphatic rings. The van der Waals surface area contributed by atoms with Crippen molar-refractivity contribution < 1.29 is 0 Å². The van der Waals surface area contributed by atoms with Crippen LogP contribution in [0.5, 0.6) is 0 Å². The third-order valence-corrected chi connectivity index (χ3v) is 3.85. The van der Waals surface area contributed by atoms with Crippen LogP contribution in [0, 0.1) is 0 Å². The van der Waals surface area contributed by atoms with Crippen molar-refractivity contribution in [3.8, 4) is 0 Å². The van der Waals surface area contributed by atoms with Gasteiger partial charge >= 0.3 is 0 Å². The van der Waals surface area contributed by atoms with Crippen LogP contribution in [0.3, 0.4) is 0 Å². The number of thiophene rings is 1. The van der Waals surface area contributed by atoms with Crippen molar-refractivity contribution in [2.75, 3.05) is 18.8 Å². The van der Waals surface area contributed by atoms with E-state index >= 15 is 0 Å². The average Bonchev–Trinajstić information content (AvgIpc) is 2.96. The Morgan fingerprint density at radius 3 is 3.19 bits per heavy atom. The largest absolute Gasteiger partial charge is 0.316 e. The van der Waals surface area contributed by atoms with E-state index in [2.05, 4.69) is 38.0 Å². The maximum absolute atomic E-state index is 4.04. The molecule has 0 fully saturated rings. The lowest BCUT2D eigenvalue weighted by Crippen LogP contribution is -2.19. The highest BCUT2D eigenvalue weighted by atomic mass is 32.2. The number of thioether (sulfide) groups is 1. The fraction of sp³-hybridized carbons (Fsp3) is 0.400. The monoisotopic (exact) mass is 254 g/mol. The molecule has 4 nitrogen and oxygen atoms in total. The Labute approximate surface area is 103 Å². The van der Waals surface area contributed by atoms with Gasteiger partial charge in [0, 0.05) is 17.2 Å². The number of aromatic nitrogens is 3. The van der Waals surface area contributed by atoms with E-state index in [0.29, 0.717) is 0 Å². The first-order chi connectivity index (χ1) is 7.95. The molecule has 2 heterocycles. The second kappa shape index (κ2) is 6.67. The van der Waals surface area contributed by atoms with Gasteiger partial charge in [-0.1, -0.05) is 17.8 Å². The highest BCUT2D eigenvalue weighted by Gasteiger charge is 1.96. The zero-order valence-electron chi connectivity index (χ0n) is 8.85. The quantitative estimate of drug-likeness (QED) is 0.584. The summed E-state index contributed by atoms with van der Waals surface area (Å²) in [4.78, 5) is 5.49. The number of nitrogens with zero attached hydrogens (tertiary/aromatic N) is 2. The van der Waals surface area contributed by atoms with E-state index in [0.717, 1.165) is 30.4 Å². The molecule has 0 atom stereocenters. The van der Waals surface area contributed by atoms with Gasteiger partial charge in [-0.2, -0.15) is 5.10 Å². The molecule has 2 aromatic rings. The van der Waals surface area contributed by atoms with Crippen LogP contribution >= 0.6 is 23.1 Å². The number of H-pyrrole nitrogens is 1. The molecular formula is C10H14N4S2. The van der Waals surface area contributed by atoms with Crippen molar-refractivity contribution in [2.24, 2.45) is 0 Å². The summed E-state index contributed by atoms with van der Waals surface area (Å²) in [6.45, 7) is 2.04. The third kappa shape index (κ3) is 3.96. The van der Waals surface area contributed by atoms with E-state index in [1.165, 1.54) is 11.2 Å². The lowest BCUT2D eigenvalue weighted by molar-refractivity contribution is 0.725. The molecule has 0 amide bonds. The first-order valence-electron chi connectivity index (χ1n) is 5.16. The molecule has 86 valence electrons. The highest BCUT2D eigenvalue weighted by molar-refractivity contribution is 7.99. The van der Waals surface area contributed by atoms with Crippen LogP contribution in [0.25, 0.3) is 0 Å². The number of hydrogen-bond donors (Lipinski definition) is 2. The van der Waals surface area contributed by atoms with Crippen molar-refractivity contribution >= 4 is 23.1 Å². The van der Waals surface area contributed by atoms with Gasteiger partial charge < -0.3 is 5.32 Å². The standard InChI is InChI=1S/C10H14N4S2/c1-2-9(15-6-1)3-4-11-5-7-16-10-12-8-13-14-10/h1-2,6,8,11H,3-5,7H2,(H,12,13,14). The minimum absolute atomic E-state index is 0.889. The van der Waals surface area contributed by atoms with Crippen molar-refractivity contribution in [3.63, 3.8) is 0 Å². The van der Waals surface area contributed by atoms with Gasteiger partial charge in [0.05, 0.1) is 0 Å². The predicted octanol–water partition coefficient (Wildman–Crippen LogP) is 1.79. The predicted molar refractivity (Wildman–Crippen MR) is 68.0 cm³/mol. The van der Waals surface area contributed by atoms with Gasteiger partial charge in [-0.25, -0.2) is 4.98 Å². The van der Waals surface area contributed by atoms with E-state index in [9.17, 15) is 0 Å². The summed E-state index contributed by atoms with van der Waals surface area (Å²) in [5.74, 6) is 1.01. The first kappa shape index (κ1) is 11.6. The number of aromatic amines is 1. The van der Waals surface area contributed by atoms with Crippen LogP contribution < -0.4 is 5.32 Å². The Kier molecular flexibility index (Phi) is 4.85. The highest BCUT2D eigenvalue weighted by Crippen LogP contribution is 2.09. The van der Waals surface area contributed by atoms with E-state index in [-0.39, 0.29) is 0 Å². The van der Waals surface area contributed by atoms with Gasteiger partial charge in [0.25, 0.3) is 0 Å². The minimum atomic E-state index is 0.889. The number of rotatable bonds is 7. The van der Waals surface area contributed by atoms with Gasteiger partial charge in [0.1, 0.15) is 6.33 Å². The first-order valence-corrected chi connectivity index (χ1v) is 7.03. The molecule has 0 radical (unpaired) electrons. The molecule has 0 aliphatic carbocycles. The molecule has 0 aromatic carbocycles. The van der Waals surface area contributed by atoms with Crippen LogP contribution in [0.4, 0.5) is 0 Å². The van der Waals surface area contributed by atoms with Gasteiger partial charge in [0.15, 0.2) is 5.16 Å². The smallest absolute Gasteiger partial charge is 0.183 e. The summed E-state index contributed by atoms with van der Waals surface area (Å²) < 4.78 is 0. The molecule has 0 saturated carbocycles. The van der Waals surface area contributed by atoms with Crippen LogP contribution in [0.2, 0.25) is 0 Å². The third-order valence-electron chi connectivity index (χ3n) is 2.04. The Morgan fingerprint density at radius 1 is 1.44 bits per heavy atom. The summed E-state index contributed by atoms with van der Waals surface area (Å²) >= 11 is 3.50. The van der Waals surface area contributed by atoms with E-state index in [4.69, 9.17) is 0 Å². The minimum Gasteiger partial charge on any atom is -0.316 e. The molecule has 0 saturated heterocycles. The zero-order valence-corrected chi connectivity index (χ0v) is 10.5. The lowest BCUT2D eigenvalue weighted by atomic mass is 10.3. The molecule has 0 spiro atoms. The molecular weight excluding hydrogens is 240 g/mol. The fourth-order valence-corrected chi connectivity index (χ4v) is 2.66. The lowest BCUT2D eigenvalue weighted by Gasteiger charge is -2.01. The fourth-order valence-electron chi connectivity index (χ4n) is 1.28. The van der Waals surface area contributed by atoms with E-state index < -0.39 is 0 Å². The van der Waals surface area contributed by atoms with Gasteiger partial charge in [0.2, 0.25) is 0 Å². The van der Waals surface area contributed by atoms with E-state index in [1.54, 1.807) is 11.8 Å². The van der Waals surface area contributed by atoms with Crippen molar-refractivity contribution in [1.82, 2.24) is 20.5 Å². The van der Waals surface area contributed by atoms with Crippen LogP contribution in [-0.4, -0.2) is 34.0 Å². The number of hydrogen-bond acceptors (Lipinski definition) is 5. The molecule has 0 bridgehead atoms. The molecule has 2 aromatic heterocycles.